The van der Waals surface area contributed by atoms with Gasteiger partial charge in [0.15, 0.2) is 5.16 Å². The van der Waals surface area contributed by atoms with E-state index in [1.54, 1.807) is 22.2 Å². The summed E-state index contributed by atoms with van der Waals surface area (Å²) in [5.74, 6) is 0.900. The van der Waals surface area contributed by atoms with Crippen LogP contribution in [0.4, 0.5) is 5.95 Å². The van der Waals surface area contributed by atoms with Gasteiger partial charge < -0.3 is 0 Å². The van der Waals surface area contributed by atoms with Crippen LogP contribution in [0.25, 0.3) is 5.00 Å². The fraction of sp³-hybridized carbons (Fsp3) is 0.571. The average Bonchev–Trinajstić information content (AvgIpc) is 3.19. The maximum absolute atomic E-state index is 4.43. The Labute approximate surface area is 137 Å². The second-order valence-corrected chi connectivity index (χ2v) is 7.90. The molecule has 2 unspecified atom stereocenters. The third-order valence-corrected chi connectivity index (χ3v) is 6.60. The minimum atomic E-state index is 0.175. The molecule has 0 aromatic carbocycles. The van der Waals surface area contributed by atoms with Crippen LogP contribution in [-0.2, 0) is 12.8 Å². The van der Waals surface area contributed by atoms with Crippen LogP contribution >= 0.6 is 23.1 Å². The van der Waals surface area contributed by atoms with Crippen LogP contribution in [0.1, 0.15) is 41.9 Å². The van der Waals surface area contributed by atoms with E-state index in [9.17, 15) is 0 Å². The molecule has 1 fully saturated rings. The van der Waals surface area contributed by atoms with Gasteiger partial charge in [-0.3, -0.25) is 10.3 Å². The molecular weight excluding hydrogens is 316 g/mol. The highest BCUT2D eigenvalue weighted by Crippen LogP contribution is 2.47. The Morgan fingerprint density at radius 2 is 2.14 bits per heavy atom. The first-order chi connectivity index (χ1) is 10.8. The van der Waals surface area contributed by atoms with Gasteiger partial charge in [-0.2, -0.15) is 0 Å². The van der Waals surface area contributed by atoms with Crippen molar-refractivity contribution in [2.45, 2.75) is 50.1 Å². The van der Waals surface area contributed by atoms with Crippen LogP contribution in [0.2, 0.25) is 0 Å². The standard InChI is InChI=1S/C14H18N6S2/c1-7-15-11-10-8-5-3-4-6-9(8)22-12(10)19-13(20(11)18-7)16-17-14(19)21-2/h7,11,15,18H,3-6H2,1-2H3. The van der Waals surface area contributed by atoms with Crippen LogP contribution in [0.15, 0.2) is 5.16 Å². The zero-order chi connectivity index (χ0) is 14.8. The van der Waals surface area contributed by atoms with E-state index in [1.807, 2.05) is 11.3 Å². The van der Waals surface area contributed by atoms with E-state index < -0.39 is 0 Å². The number of nitrogens with one attached hydrogen (secondary N) is 2. The van der Waals surface area contributed by atoms with Gasteiger partial charge in [0.05, 0.1) is 6.17 Å². The van der Waals surface area contributed by atoms with Crippen LogP contribution in [0.5, 0.6) is 0 Å². The van der Waals surface area contributed by atoms with E-state index in [1.165, 1.54) is 36.2 Å². The molecule has 0 bridgehead atoms. The van der Waals surface area contributed by atoms with Gasteiger partial charge in [-0.15, -0.1) is 21.5 Å². The molecule has 116 valence electrons. The first-order valence-electron chi connectivity index (χ1n) is 7.73. The van der Waals surface area contributed by atoms with E-state index in [2.05, 4.69) is 43.7 Å². The largest absolute Gasteiger partial charge is 0.276 e. The molecule has 6 nitrogen and oxygen atoms in total. The number of hydrazine groups is 1. The molecule has 0 spiro atoms. The Balaban J connectivity index is 1.79. The lowest BCUT2D eigenvalue weighted by atomic mass is 9.94. The van der Waals surface area contributed by atoms with Crippen molar-refractivity contribution in [1.29, 1.82) is 0 Å². The summed E-state index contributed by atoms with van der Waals surface area (Å²) >= 11 is 3.60. The average molecular weight is 334 g/mol. The van der Waals surface area contributed by atoms with Gasteiger partial charge in [0, 0.05) is 10.4 Å². The lowest BCUT2D eigenvalue weighted by Crippen LogP contribution is -2.40. The summed E-state index contributed by atoms with van der Waals surface area (Å²) in [5, 5.41) is 16.9. The monoisotopic (exact) mass is 334 g/mol. The smallest absolute Gasteiger partial charge is 0.249 e. The summed E-state index contributed by atoms with van der Waals surface area (Å²) in [4.78, 5) is 1.56. The van der Waals surface area contributed by atoms with Crippen LogP contribution in [0.3, 0.4) is 0 Å². The van der Waals surface area contributed by atoms with Crippen molar-refractivity contribution < 1.29 is 0 Å². The molecule has 0 saturated carbocycles. The highest BCUT2D eigenvalue weighted by molar-refractivity contribution is 7.98. The van der Waals surface area contributed by atoms with Gasteiger partial charge in [-0.25, -0.2) is 9.99 Å². The van der Waals surface area contributed by atoms with E-state index in [0.29, 0.717) is 0 Å². The Morgan fingerprint density at radius 3 is 3.00 bits per heavy atom. The molecule has 2 aromatic heterocycles. The van der Waals surface area contributed by atoms with Crippen molar-refractivity contribution in [2.24, 2.45) is 0 Å². The quantitative estimate of drug-likeness (QED) is 0.780. The van der Waals surface area contributed by atoms with Gasteiger partial charge in [-0.1, -0.05) is 11.8 Å². The maximum Gasteiger partial charge on any atom is 0.249 e. The van der Waals surface area contributed by atoms with Gasteiger partial charge in [0.1, 0.15) is 11.2 Å². The molecule has 5 rings (SSSR count). The number of hydrogen-bond donors (Lipinski definition) is 2. The molecule has 2 aromatic rings. The summed E-state index contributed by atoms with van der Waals surface area (Å²) < 4.78 is 2.23. The molecule has 1 saturated heterocycles. The predicted octanol–water partition coefficient (Wildman–Crippen LogP) is 2.20. The van der Waals surface area contributed by atoms with Crippen molar-refractivity contribution in [3.8, 4) is 5.00 Å². The van der Waals surface area contributed by atoms with Gasteiger partial charge in [0.2, 0.25) is 5.95 Å². The van der Waals surface area contributed by atoms with Crippen LogP contribution < -0.4 is 15.8 Å². The Bertz CT molecular complexity index is 751. The fourth-order valence-electron chi connectivity index (χ4n) is 3.77. The molecule has 2 N–H and O–H groups in total. The van der Waals surface area contributed by atoms with E-state index in [4.69, 9.17) is 0 Å². The second-order valence-electron chi connectivity index (χ2n) is 6.04. The fourth-order valence-corrected chi connectivity index (χ4v) is 5.72. The Hall–Kier alpha value is -1.09. The Morgan fingerprint density at radius 1 is 1.27 bits per heavy atom. The highest BCUT2D eigenvalue weighted by Gasteiger charge is 2.43. The van der Waals surface area contributed by atoms with Gasteiger partial charge in [0.25, 0.3) is 0 Å². The van der Waals surface area contributed by atoms with Crippen molar-refractivity contribution in [3.63, 3.8) is 0 Å². The van der Waals surface area contributed by atoms with Crippen molar-refractivity contribution in [3.05, 3.63) is 16.0 Å². The SMILES string of the molecule is CSc1nnc2n1-c1sc3c(c1C1NC(C)NN21)CCCC3. The molecular formula is C14H18N6S2. The summed E-state index contributed by atoms with van der Waals surface area (Å²) in [6, 6.07) is 0. The predicted molar refractivity (Wildman–Crippen MR) is 88.6 cm³/mol. The van der Waals surface area contributed by atoms with E-state index in [-0.39, 0.29) is 12.3 Å². The number of aromatic nitrogens is 3. The normalized spacial score (nSPS) is 25.6. The third kappa shape index (κ3) is 1.63. The third-order valence-electron chi connectivity index (χ3n) is 4.68. The zero-order valence-corrected chi connectivity index (χ0v) is 14.2. The number of anilines is 1. The molecule has 0 amide bonds. The van der Waals surface area contributed by atoms with Crippen molar-refractivity contribution in [1.82, 2.24) is 25.5 Å². The number of fused-ring (bicyclic) bond motifs is 8. The van der Waals surface area contributed by atoms with Gasteiger partial charge >= 0.3 is 0 Å². The number of aryl methyl sites for hydroxylation is 1. The lowest BCUT2D eigenvalue weighted by molar-refractivity contribution is 0.558. The molecule has 4 heterocycles. The maximum atomic E-state index is 4.43. The summed E-state index contributed by atoms with van der Waals surface area (Å²) in [7, 11) is 0. The molecule has 22 heavy (non-hydrogen) atoms. The molecule has 8 heteroatoms. The summed E-state index contributed by atoms with van der Waals surface area (Å²) in [5.41, 5.74) is 6.49. The first kappa shape index (κ1) is 13.4. The minimum Gasteiger partial charge on any atom is -0.276 e. The highest BCUT2D eigenvalue weighted by atomic mass is 32.2. The van der Waals surface area contributed by atoms with Gasteiger partial charge in [-0.05, 0) is 44.4 Å². The minimum absolute atomic E-state index is 0.175. The number of rotatable bonds is 1. The molecule has 2 aliphatic heterocycles. The summed E-state index contributed by atoms with van der Waals surface area (Å²) in [6.07, 6.45) is 7.51. The summed E-state index contributed by atoms with van der Waals surface area (Å²) in [6.45, 7) is 2.15. The van der Waals surface area contributed by atoms with Crippen molar-refractivity contribution >= 4 is 29.0 Å². The first-order valence-corrected chi connectivity index (χ1v) is 9.77. The molecule has 1 aliphatic carbocycles. The topological polar surface area (TPSA) is 58.0 Å². The molecule has 0 radical (unpaired) electrons. The lowest BCUT2D eigenvalue weighted by Gasteiger charge is -2.31. The van der Waals surface area contributed by atoms with Crippen LogP contribution in [-0.4, -0.2) is 27.2 Å². The number of thiophene rings is 1. The second kappa shape index (κ2) is 4.70. The zero-order valence-electron chi connectivity index (χ0n) is 12.6. The molecule has 2 atom stereocenters. The number of hydrogen-bond acceptors (Lipinski definition) is 7. The number of nitrogens with zero attached hydrogens (tertiary/aromatic N) is 4. The van der Waals surface area contributed by atoms with E-state index in [0.717, 1.165) is 11.1 Å². The number of thioether (sulfide) groups is 1. The Kier molecular flexibility index (Phi) is 2.86. The van der Waals surface area contributed by atoms with E-state index >= 15 is 0 Å². The molecule has 3 aliphatic rings. The van der Waals surface area contributed by atoms with Crippen LogP contribution in [0, 0.1) is 0 Å². The van der Waals surface area contributed by atoms with Crippen molar-refractivity contribution in [2.75, 3.05) is 11.3 Å².